The molecule has 5 rings (SSSR count). The molecule has 178 valence electrons. The summed E-state index contributed by atoms with van der Waals surface area (Å²) in [6.45, 7) is 4.39. The van der Waals surface area contributed by atoms with Crippen LogP contribution in [0.2, 0.25) is 0 Å². The molecule has 1 fully saturated rings. The Morgan fingerprint density at radius 3 is 2.40 bits per heavy atom. The second kappa shape index (κ2) is 9.76. The number of hydrogen-bond donors (Lipinski definition) is 2. The summed E-state index contributed by atoms with van der Waals surface area (Å²) in [5.41, 5.74) is 5.55. The van der Waals surface area contributed by atoms with Gasteiger partial charge in [0, 0.05) is 35.6 Å². The Balaban J connectivity index is 1.38. The van der Waals surface area contributed by atoms with E-state index in [0.717, 1.165) is 35.7 Å². The number of nitrogens with zero attached hydrogens (tertiary/aromatic N) is 1. The summed E-state index contributed by atoms with van der Waals surface area (Å²) in [5, 5.41) is 5.68. The molecule has 35 heavy (non-hydrogen) atoms. The monoisotopic (exact) mass is 467 g/mol. The van der Waals surface area contributed by atoms with E-state index in [-0.39, 0.29) is 5.91 Å². The summed E-state index contributed by atoms with van der Waals surface area (Å²) in [7, 11) is 1.63. The molecule has 1 atom stereocenters. The first kappa shape index (κ1) is 22.9. The van der Waals surface area contributed by atoms with E-state index in [0.29, 0.717) is 22.7 Å². The minimum atomic E-state index is -0.415. The Hall–Kier alpha value is -3.90. The lowest BCUT2D eigenvalue weighted by Gasteiger charge is -2.21. The number of benzene rings is 3. The molecule has 0 radical (unpaired) electrons. The highest BCUT2D eigenvalue weighted by atomic mass is 16.5. The molecule has 2 heterocycles. The predicted molar refractivity (Wildman–Crippen MR) is 138 cm³/mol. The van der Waals surface area contributed by atoms with E-state index in [9.17, 15) is 9.59 Å². The molecular weight excluding hydrogens is 438 g/mol. The van der Waals surface area contributed by atoms with Crippen LogP contribution in [-0.4, -0.2) is 36.4 Å². The molecule has 1 saturated heterocycles. The number of methoxy groups -OCH3 is 1. The molecule has 0 aliphatic carbocycles. The number of carbonyl (C=O) groups excluding carboxylic acids is 2. The van der Waals surface area contributed by atoms with Crippen molar-refractivity contribution in [2.75, 3.05) is 19.0 Å². The number of imide groups is 1. The number of hydrogen-bond acceptors (Lipinski definition) is 5. The lowest BCUT2D eigenvalue weighted by atomic mass is 9.91. The summed E-state index contributed by atoms with van der Waals surface area (Å²) >= 11 is 0. The largest absolute Gasteiger partial charge is 0.497 e. The van der Waals surface area contributed by atoms with Crippen molar-refractivity contribution in [1.29, 1.82) is 0 Å². The second-order valence-electron chi connectivity index (χ2n) is 9.13. The summed E-state index contributed by atoms with van der Waals surface area (Å²) in [6.07, 6.45) is 4.20. The minimum Gasteiger partial charge on any atom is -0.497 e. The average molecular weight is 468 g/mol. The van der Waals surface area contributed by atoms with E-state index in [2.05, 4.69) is 34.6 Å². The summed E-state index contributed by atoms with van der Waals surface area (Å²) < 4.78 is 5.24. The fraction of sp³-hybridized carbons (Fsp3) is 0.241. The molecule has 0 spiro atoms. The van der Waals surface area contributed by atoms with Crippen LogP contribution in [0.1, 0.15) is 41.3 Å². The van der Waals surface area contributed by atoms with E-state index in [1.54, 1.807) is 19.4 Å². The Morgan fingerprint density at radius 2 is 1.71 bits per heavy atom. The summed E-state index contributed by atoms with van der Waals surface area (Å²) in [6, 6.07) is 22.1. The number of ether oxygens (including phenoxy) is 1. The quantitative estimate of drug-likeness (QED) is 0.391. The van der Waals surface area contributed by atoms with Crippen molar-refractivity contribution in [3.8, 4) is 16.9 Å². The van der Waals surface area contributed by atoms with Crippen LogP contribution in [0.25, 0.3) is 16.7 Å². The SMILES string of the molecule is COc1ccc(-c2ccc3c(c2)C(=CNc2ccc(CN4CCCC4C)cc2)C(=O)NC3=O)cc1. The highest BCUT2D eigenvalue weighted by molar-refractivity contribution is 6.31. The molecule has 3 aromatic rings. The number of fused-ring (bicyclic) bond motifs is 1. The van der Waals surface area contributed by atoms with Gasteiger partial charge in [0.25, 0.3) is 11.8 Å². The van der Waals surface area contributed by atoms with E-state index >= 15 is 0 Å². The van der Waals surface area contributed by atoms with Crippen LogP contribution in [0.3, 0.4) is 0 Å². The van der Waals surface area contributed by atoms with Gasteiger partial charge in [0.1, 0.15) is 5.75 Å². The van der Waals surface area contributed by atoms with E-state index in [1.165, 1.54) is 18.4 Å². The van der Waals surface area contributed by atoms with Gasteiger partial charge in [-0.1, -0.05) is 30.3 Å². The zero-order chi connectivity index (χ0) is 24.4. The highest BCUT2D eigenvalue weighted by Gasteiger charge is 2.27. The van der Waals surface area contributed by atoms with Crippen LogP contribution < -0.4 is 15.4 Å². The van der Waals surface area contributed by atoms with Gasteiger partial charge in [-0.15, -0.1) is 0 Å². The third kappa shape index (κ3) is 4.84. The first-order valence-electron chi connectivity index (χ1n) is 12.0. The number of likely N-dealkylation sites (tertiary alicyclic amines) is 1. The van der Waals surface area contributed by atoms with Gasteiger partial charge in [-0.3, -0.25) is 19.8 Å². The van der Waals surface area contributed by atoms with Crippen LogP contribution in [-0.2, 0) is 11.3 Å². The standard InChI is InChI=1S/C29H29N3O3/c1-19-4-3-15-32(19)18-20-5-10-23(11-6-20)30-17-27-26-16-22(21-7-12-24(35-2)13-8-21)9-14-25(26)28(33)31-29(27)34/h5-14,16-17,19,30H,3-4,15,18H2,1-2H3,(H,31,33,34). The molecule has 2 aliphatic rings. The fourth-order valence-electron chi connectivity index (χ4n) is 4.76. The van der Waals surface area contributed by atoms with Crippen LogP contribution in [0.15, 0.2) is 72.9 Å². The Bertz CT molecular complexity index is 1280. The first-order valence-corrected chi connectivity index (χ1v) is 12.0. The van der Waals surface area contributed by atoms with Gasteiger partial charge < -0.3 is 10.1 Å². The fourth-order valence-corrected chi connectivity index (χ4v) is 4.76. The Kier molecular flexibility index (Phi) is 6.38. The molecule has 0 aromatic heterocycles. The van der Waals surface area contributed by atoms with E-state index in [1.807, 2.05) is 48.5 Å². The van der Waals surface area contributed by atoms with Gasteiger partial charge in [-0.25, -0.2) is 0 Å². The molecule has 3 aromatic carbocycles. The molecule has 6 nitrogen and oxygen atoms in total. The molecule has 0 saturated carbocycles. The van der Waals surface area contributed by atoms with Crippen molar-refractivity contribution >= 4 is 23.1 Å². The summed E-state index contributed by atoms with van der Waals surface area (Å²) in [5.74, 6) is -0.0301. The lowest BCUT2D eigenvalue weighted by Crippen LogP contribution is -2.36. The molecule has 6 heteroatoms. The second-order valence-corrected chi connectivity index (χ2v) is 9.13. The van der Waals surface area contributed by atoms with Crippen molar-refractivity contribution in [3.05, 3.63) is 89.6 Å². The van der Waals surface area contributed by atoms with Crippen molar-refractivity contribution in [1.82, 2.24) is 10.2 Å². The molecule has 0 bridgehead atoms. The predicted octanol–water partition coefficient (Wildman–Crippen LogP) is 5.07. The molecule has 2 N–H and O–H groups in total. The van der Waals surface area contributed by atoms with Crippen LogP contribution in [0.4, 0.5) is 5.69 Å². The number of amides is 2. The van der Waals surface area contributed by atoms with Crippen molar-refractivity contribution in [2.24, 2.45) is 0 Å². The average Bonchev–Trinajstić information content (AvgIpc) is 3.28. The zero-order valence-electron chi connectivity index (χ0n) is 20.0. The van der Waals surface area contributed by atoms with Gasteiger partial charge in [-0.2, -0.15) is 0 Å². The number of rotatable bonds is 6. The Labute approximate surface area is 205 Å². The number of anilines is 1. The van der Waals surface area contributed by atoms with Gasteiger partial charge in [-0.05, 0) is 79.4 Å². The maximum atomic E-state index is 12.7. The lowest BCUT2D eigenvalue weighted by molar-refractivity contribution is -0.114. The topological polar surface area (TPSA) is 70.7 Å². The number of nitrogens with one attached hydrogen (secondary N) is 2. The van der Waals surface area contributed by atoms with Gasteiger partial charge >= 0.3 is 0 Å². The van der Waals surface area contributed by atoms with E-state index < -0.39 is 5.91 Å². The van der Waals surface area contributed by atoms with Gasteiger partial charge in [0.15, 0.2) is 0 Å². The van der Waals surface area contributed by atoms with Gasteiger partial charge in [0.2, 0.25) is 0 Å². The summed E-state index contributed by atoms with van der Waals surface area (Å²) in [4.78, 5) is 27.7. The van der Waals surface area contributed by atoms with Crippen molar-refractivity contribution in [3.63, 3.8) is 0 Å². The molecule has 1 unspecified atom stereocenters. The van der Waals surface area contributed by atoms with Crippen LogP contribution in [0.5, 0.6) is 5.75 Å². The Morgan fingerprint density at radius 1 is 0.971 bits per heavy atom. The molecular formula is C29H29N3O3. The molecule has 2 amide bonds. The third-order valence-electron chi connectivity index (χ3n) is 6.86. The van der Waals surface area contributed by atoms with E-state index in [4.69, 9.17) is 4.74 Å². The maximum absolute atomic E-state index is 12.7. The normalized spacial score (nSPS) is 18.9. The van der Waals surface area contributed by atoms with Gasteiger partial charge in [0.05, 0.1) is 12.7 Å². The zero-order valence-corrected chi connectivity index (χ0v) is 20.0. The number of carbonyl (C=O) groups is 2. The van der Waals surface area contributed by atoms with Crippen LogP contribution in [0, 0.1) is 0 Å². The maximum Gasteiger partial charge on any atom is 0.260 e. The molecule has 2 aliphatic heterocycles. The van der Waals surface area contributed by atoms with Crippen molar-refractivity contribution in [2.45, 2.75) is 32.4 Å². The minimum absolute atomic E-state index is 0.385. The van der Waals surface area contributed by atoms with Crippen molar-refractivity contribution < 1.29 is 14.3 Å². The third-order valence-corrected chi connectivity index (χ3v) is 6.86. The van der Waals surface area contributed by atoms with Crippen LogP contribution >= 0.6 is 0 Å². The highest BCUT2D eigenvalue weighted by Crippen LogP contribution is 2.31. The first-order chi connectivity index (χ1) is 17.0. The smallest absolute Gasteiger partial charge is 0.260 e.